The van der Waals surface area contributed by atoms with E-state index < -0.39 is 0 Å². The Morgan fingerprint density at radius 3 is 2.63 bits per heavy atom. The number of benzene rings is 1. The molecule has 1 aromatic carbocycles. The van der Waals surface area contributed by atoms with Crippen molar-refractivity contribution in [3.05, 3.63) is 50.6 Å². The average Bonchev–Trinajstić information content (AvgIpc) is 2.81. The largest absolute Gasteiger partial charge is 0.492 e. The first-order valence-corrected chi connectivity index (χ1v) is 7.97. The molecule has 0 fully saturated rings. The van der Waals surface area contributed by atoms with Crippen molar-refractivity contribution in [3.8, 4) is 5.75 Å². The van der Waals surface area contributed by atoms with Crippen molar-refractivity contribution in [2.45, 2.75) is 26.4 Å². The molecule has 0 amide bonds. The van der Waals surface area contributed by atoms with Gasteiger partial charge in [0.15, 0.2) is 0 Å². The highest BCUT2D eigenvalue weighted by Crippen LogP contribution is 2.22. The van der Waals surface area contributed by atoms with Gasteiger partial charge in [-0.05, 0) is 53.4 Å². The number of hydrogen-bond acceptors (Lipinski definition) is 3. The molecule has 19 heavy (non-hydrogen) atoms. The Balaban J connectivity index is 1.74. The summed E-state index contributed by atoms with van der Waals surface area (Å²) in [7, 11) is 0. The molecule has 1 N–H and O–H groups in total. The molecule has 1 heterocycles. The van der Waals surface area contributed by atoms with Gasteiger partial charge < -0.3 is 10.1 Å². The zero-order chi connectivity index (χ0) is 13.7. The van der Waals surface area contributed by atoms with Gasteiger partial charge in [-0.15, -0.1) is 11.3 Å². The average molecular weight is 340 g/mol. The quantitative estimate of drug-likeness (QED) is 0.843. The number of halogens is 1. The number of ether oxygens (including phenoxy) is 1. The summed E-state index contributed by atoms with van der Waals surface area (Å²) in [5.74, 6) is 0.927. The summed E-state index contributed by atoms with van der Waals surface area (Å²) in [6.45, 7) is 5.76. The van der Waals surface area contributed by atoms with Crippen molar-refractivity contribution in [1.82, 2.24) is 5.32 Å². The molecule has 1 atom stereocenters. The van der Waals surface area contributed by atoms with Crippen LogP contribution < -0.4 is 10.1 Å². The maximum absolute atomic E-state index is 5.75. The number of aryl methyl sites for hydroxylation is 1. The lowest BCUT2D eigenvalue weighted by molar-refractivity contribution is 0.273. The predicted octanol–water partition coefficient (Wildman–Crippen LogP) is 4.38. The molecule has 2 rings (SSSR count). The molecule has 1 aromatic heterocycles. The van der Waals surface area contributed by atoms with E-state index >= 15 is 0 Å². The molecule has 102 valence electrons. The summed E-state index contributed by atoms with van der Waals surface area (Å²) in [6.07, 6.45) is 0. The number of thiophene rings is 1. The van der Waals surface area contributed by atoms with Crippen molar-refractivity contribution in [3.63, 3.8) is 0 Å². The van der Waals surface area contributed by atoms with Crippen molar-refractivity contribution in [2.24, 2.45) is 0 Å². The monoisotopic (exact) mass is 339 g/mol. The van der Waals surface area contributed by atoms with Gasteiger partial charge in [-0.25, -0.2) is 0 Å². The van der Waals surface area contributed by atoms with Crippen LogP contribution in [-0.2, 0) is 6.54 Å². The molecule has 1 unspecified atom stereocenters. The van der Waals surface area contributed by atoms with E-state index in [1.807, 2.05) is 12.1 Å². The van der Waals surface area contributed by atoms with Crippen molar-refractivity contribution in [2.75, 3.05) is 6.61 Å². The van der Waals surface area contributed by atoms with Crippen LogP contribution in [0.3, 0.4) is 0 Å². The van der Waals surface area contributed by atoms with Crippen molar-refractivity contribution >= 4 is 27.3 Å². The van der Waals surface area contributed by atoms with E-state index in [2.05, 4.69) is 58.7 Å². The van der Waals surface area contributed by atoms with E-state index in [-0.39, 0.29) is 0 Å². The molecule has 0 radical (unpaired) electrons. The zero-order valence-corrected chi connectivity index (χ0v) is 13.6. The minimum atomic E-state index is 0.315. The number of hydrogen-bond donors (Lipinski definition) is 1. The van der Waals surface area contributed by atoms with Crippen molar-refractivity contribution < 1.29 is 4.74 Å². The summed E-state index contributed by atoms with van der Waals surface area (Å²) in [4.78, 5) is 1.32. The maximum atomic E-state index is 5.75. The third-order valence-electron chi connectivity index (χ3n) is 2.82. The lowest BCUT2D eigenvalue weighted by atomic mass is 10.2. The summed E-state index contributed by atoms with van der Waals surface area (Å²) in [6, 6.07) is 10.5. The topological polar surface area (TPSA) is 21.3 Å². The minimum absolute atomic E-state index is 0.315. The first-order chi connectivity index (χ1) is 9.15. The number of rotatable bonds is 6. The second-order valence-electron chi connectivity index (χ2n) is 4.60. The Labute approximate surface area is 126 Å². The Hall–Kier alpha value is -0.840. The fourth-order valence-electron chi connectivity index (χ4n) is 1.63. The maximum Gasteiger partial charge on any atom is 0.119 e. The van der Waals surface area contributed by atoms with Gasteiger partial charge >= 0.3 is 0 Å². The van der Waals surface area contributed by atoms with Gasteiger partial charge in [-0.2, -0.15) is 0 Å². The van der Waals surface area contributed by atoms with Gasteiger partial charge in [-0.3, -0.25) is 0 Å². The lowest BCUT2D eigenvalue weighted by Crippen LogP contribution is -2.31. The molecule has 0 saturated carbocycles. The first kappa shape index (κ1) is 14.6. The van der Waals surface area contributed by atoms with E-state index in [9.17, 15) is 0 Å². The summed E-state index contributed by atoms with van der Waals surface area (Å²) >= 11 is 5.30. The molecule has 2 nitrogen and oxygen atoms in total. The normalized spacial score (nSPS) is 12.4. The molecular formula is C15H18BrNOS. The molecule has 0 saturated heterocycles. The van der Waals surface area contributed by atoms with Crippen LogP contribution in [0, 0.1) is 6.92 Å². The van der Waals surface area contributed by atoms with Gasteiger partial charge in [0.2, 0.25) is 0 Å². The van der Waals surface area contributed by atoms with Gasteiger partial charge in [0.25, 0.3) is 0 Å². The van der Waals surface area contributed by atoms with Crippen molar-refractivity contribution in [1.29, 1.82) is 0 Å². The van der Waals surface area contributed by atoms with E-state index in [0.29, 0.717) is 12.6 Å². The molecule has 0 aliphatic carbocycles. The molecule has 4 heteroatoms. The fourth-order valence-corrected chi connectivity index (χ4v) is 3.08. The standard InChI is InChI=1S/C15H18BrNOS/c1-11-3-5-13(6-4-11)18-10-12(2)17-9-15-14(16)7-8-19-15/h3-8,12,17H,9-10H2,1-2H3. The second kappa shape index (κ2) is 7.08. The molecule has 0 bridgehead atoms. The smallest absolute Gasteiger partial charge is 0.119 e. The van der Waals surface area contributed by atoms with Crippen LogP contribution in [0.5, 0.6) is 5.75 Å². The lowest BCUT2D eigenvalue weighted by Gasteiger charge is -2.14. The van der Waals surface area contributed by atoms with Crippen LogP contribution in [0.2, 0.25) is 0 Å². The molecule has 0 aliphatic heterocycles. The van der Waals surface area contributed by atoms with Crippen LogP contribution >= 0.6 is 27.3 Å². The Morgan fingerprint density at radius 1 is 1.26 bits per heavy atom. The van der Waals surface area contributed by atoms with Crippen LogP contribution in [0.15, 0.2) is 40.2 Å². The highest BCUT2D eigenvalue weighted by atomic mass is 79.9. The molecule has 0 spiro atoms. The predicted molar refractivity (Wildman–Crippen MR) is 85.0 cm³/mol. The molecule has 2 aromatic rings. The summed E-state index contributed by atoms with van der Waals surface area (Å²) in [5, 5.41) is 5.55. The highest BCUT2D eigenvalue weighted by molar-refractivity contribution is 9.10. The van der Waals surface area contributed by atoms with Crippen LogP contribution in [0.1, 0.15) is 17.4 Å². The van der Waals surface area contributed by atoms with Gasteiger partial charge in [0, 0.05) is 21.9 Å². The number of nitrogens with one attached hydrogen (secondary N) is 1. The Bertz CT molecular complexity index is 509. The van der Waals surface area contributed by atoms with Crippen LogP contribution in [0.25, 0.3) is 0 Å². The van der Waals surface area contributed by atoms with Crippen LogP contribution in [-0.4, -0.2) is 12.6 Å². The Kier molecular flexibility index (Phi) is 5.43. The SMILES string of the molecule is Cc1ccc(OCC(C)NCc2sccc2Br)cc1. The zero-order valence-electron chi connectivity index (χ0n) is 11.2. The third-order valence-corrected chi connectivity index (χ3v) is 4.75. The third kappa shape index (κ3) is 4.64. The van der Waals surface area contributed by atoms with Gasteiger partial charge in [-0.1, -0.05) is 17.7 Å². The summed E-state index contributed by atoms with van der Waals surface area (Å²) < 4.78 is 6.93. The van der Waals surface area contributed by atoms with Crippen LogP contribution in [0.4, 0.5) is 0 Å². The second-order valence-corrected chi connectivity index (χ2v) is 6.45. The minimum Gasteiger partial charge on any atom is -0.492 e. The first-order valence-electron chi connectivity index (χ1n) is 6.30. The highest BCUT2D eigenvalue weighted by Gasteiger charge is 2.05. The molecule has 0 aliphatic rings. The van der Waals surface area contributed by atoms with Gasteiger partial charge in [0.05, 0.1) is 0 Å². The van der Waals surface area contributed by atoms with E-state index in [1.165, 1.54) is 14.9 Å². The fraction of sp³-hybridized carbons (Fsp3) is 0.333. The van der Waals surface area contributed by atoms with E-state index in [4.69, 9.17) is 4.74 Å². The molecular weight excluding hydrogens is 322 g/mol. The van der Waals surface area contributed by atoms with E-state index in [1.54, 1.807) is 11.3 Å². The van der Waals surface area contributed by atoms with E-state index in [0.717, 1.165) is 12.3 Å². The Morgan fingerprint density at radius 2 is 2.00 bits per heavy atom. The summed E-state index contributed by atoms with van der Waals surface area (Å²) in [5.41, 5.74) is 1.25. The van der Waals surface area contributed by atoms with Gasteiger partial charge in [0.1, 0.15) is 12.4 Å².